The standard InChI is InChI=1S/C21H21N3O3S/c1-2-27-21(26)23-17(15-9-5-3-6-10-15)13-19(25)24-20-22-18(14-28-20)16-11-7-4-8-12-16/h3-12,14,17H,2,13H2,1H3,(H,23,26)(H,22,24,25)/t17-/m1/s1. The van der Waals surface area contributed by atoms with Gasteiger partial charge in [0.1, 0.15) is 0 Å². The van der Waals surface area contributed by atoms with E-state index in [2.05, 4.69) is 15.6 Å². The van der Waals surface area contributed by atoms with Crippen molar-refractivity contribution in [1.29, 1.82) is 0 Å². The van der Waals surface area contributed by atoms with Crippen LogP contribution in [0.15, 0.2) is 66.0 Å². The Morgan fingerprint density at radius 1 is 1.07 bits per heavy atom. The molecule has 0 aliphatic rings. The maximum Gasteiger partial charge on any atom is 0.407 e. The molecule has 2 N–H and O–H groups in total. The van der Waals surface area contributed by atoms with Crippen LogP contribution < -0.4 is 10.6 Å². The van der Waals surface area contributed by atoms with Crippen LogP contribution >= 0.6 is 11.3 Å². The highest BCUT2D eigenvalue weighted by Gasteiger charge is 2.19. The van der Waals surface area contributed by atoms with Crippen LogP contribution in [0, 0.1) is 0 Å². The van der Waals surface area contributed by atoms with Crippen molar-refractivity contribution in [3.63, 3.8) is 0 Å². The minimum atomic E-state index is -0.551. The van der Waals surface area contributed by atoms with E-state index >= 15 is 0 Å². The predicted molar refractivity (Wildman–Crippen MR) is 110 cm³/mol. The molecule has 0 bridgehead atoms. The van der Waals surface area contributed by atoms with Gasteiger partial charge < -0.3 is 15.4 Å². The van der Waals surface area contributed by atoms with Crippen LogP contribution in [0.5, 0.6) is 0 Å². The predicted octanol–water partition coefficient (Wildman–Crippen LogP) is 4.63. The number of ether oxygens (including phenoxy) is 1. The van der Waals surface area contributed by atoms with E-state index in [1.54, 1.807) is 6.92 Å². The molecular formula is C21H21N3O3S. The van der Waals surface area contributed by atoms with Crippen molar-refractivity contribution in [2.45, 2.75) is 19.4 Å². The third-order valence-corrected chi connectivity index (χ3v) is 4.74. The summed E-state index contributed by atoms with van der Waals surface area (Å²) in [6.07, 6.45) is -0.479. The highest BCUT2D eigenvalue weighted by Crippen LogP contribution is 2.25. The first-order valence-electron chi connectivity index (χ1n) is 8.94. The number of nitrogens with zero attached hydrogens (tertiary/aromatic N) is 1. The molecule has 0 saturated carbocycles. The normalized spacial score (nSPS) is 11.5. The van der Waals surface area contributed by atoms with Crippen molar-refractivity contribution in [1.82, 2.24) is 10.3 Å². The molecule has 3 aromatic rings. The number of hydrogen-bond donors (Lipinski definition) is 2. The van der Waals surface area contributed by atoms with E-state index in [-0.39, 0.29) is 18.9 Å². The molecule has 144 valence electrons. The van der Waals surface area contributed by atoms with Gasteiger partial charge in [0.05, 0.1) is 24.8 Å². The Hall–Kier alpha value is -3.19. The van der Waals surface area contributed by atoms with Crippen molar-refractivity contribution < 1.29 is 14.3 Å². The van der Waals surface area contributed by atoms with E-state index < -0.39 is 12.1 Å². The molecule has 6 nitrogen and oxygen atoms in total. The second-order valence-corrected chi connectivity index (χ2v) is 6.84. The molecule has 2 amide bonds. The van der Waals surface area contributed by atoms with Crippen LogP contribution in [0.2, 0.25) is 0 Å². The van der Waals surface area contributed by atoms with Gasteiger partial charge in [0.15, 0.2) is 5.13 Å². The Bertz CT molecular complexity index is 913. The molecule has 7 heteroatoms. The lowest BCUT2D eigenvalue weighted by atomic mass is 10.0. The lowest BCUT2D eigenvalue weighted by Crippen LogP contribution is -2.32. The number of aromatic nitrogens is 1. The van der Waals surface area contributed by atoms with Crippen LogP contribution in [0.25, 0.3) is 11.3 Å². The zero-order valence-electron chi connectivity index (χ0n) is 15.4. The SMILES string of the molecule is CCOC(=O)N[C@H](CC(=O)Nc1nc(-c2ccccc2)cs1)c1ccccc1. The number of benzene rings is 2. The van der Waals surface area contributed by atoms with Gasteiger partial charge in [0.2, 0.25) is 5.91 Å². The second kappa shape index (κ2) is 9.66. The van der Waals surface area contributed by atoms with E-state index in [0.29, 0.717) is 5.13 Å². The Labute approximate surface area is 167 Å². The van der Waals surface area contributed by atoms with Gasteiger partial charge >= 0.3 is 6.09 Å². The zero-order valence-corrected chi connectivity index (χ0v) is 16.2. The molecule has 3 rings (SSSR count). The topological polar surface area (TPSA) is 80.3 Å². The molecule has 28 heavy (non-hydrogen) atoms. The Balaban J connectivity index is 1.67. The van der Waals surface area contributed by atoms with Crippen molar-refractivity contribution in [3.05, 3.63) is 71.6 Å². The van der Waals surface area contributed by atoms with Crippen LogP contribution in [0.4, 0.5) is 9.93 Å². The molecule has 0 radical (unpaired) electrons. The third kappa shape index (κ3) is 5.40. The minimum Gasteiger partial charge on any atom is -0.450 e. The fourth-order valence-electron chi connectivity index (χ4n) is 2.68. The third-order valence-electron chi connectivity index (χ3n) is 3.98. The molecule has 1 aromatic heterocycles. The molecular weight excluding hydrogens is 374 g/mol. The van der Waals surface area contributed by atoms with Crippen molar-refractivity contribution in [2.75, 3.05) is 11.9 Å². The summed E-state index contributed by atoms with van der Waals surface area (Å²) in [5.41, 5.74) is 2.63. The first kappa shape index (κ1) is 19.6. The lowest BCUT2D eigenvalue weighted by molar-refractivity contribution is -0.116. The Morgan fingerprint density at radius 2 is 1.75 bits per heavy atom. The largest absolute Gasteiger partial charge is 0.450 e. The monoisotopic (exact) mass is 395 g/mol. The van der Waals surface area contributed by atoms with Gasteiger partial charge in [-0.2, -0.15) is 0 Å². The molecule has 0 unspecified atom stereocenters. The van der Waals surface area contributed by atoms with Crippen LogP contribution in [0.3, 0.4) is 0 Å². The van der Waals surface area contributed by atoms with Crippen molar-refractivity contribution >= 4 is 28.5 Å². The van der Waals surface area contributed by atoms with Gasteiger partial charge in [-0.15, -0.1) is 11.3 Å². The van der Waals surface area contributed by atoms with Crippen molar-refractivity contribution in [3.8, 4) is 11.3 Å². The average Bonchev–Trinajstić information content (AvgIpc) is 3.17. The summed E-state index contributed by atoms with van der Waals surface area (Å²) in [4.78, 5) is 28.9. The second-order valence-electron chi connectivity index (χ2n) is 5.98. The zero-order chi connectivity index (χ0) is 19.8. The summed E-state index contributed by atoms with van der Waals surface area (Å²) in [6, 6.07) is 18.6. The number of rotatable bonds is 7. The molecule has 0 aliphatic heterocycles. The average molecular weight is 395 g/mol. The first-order chi connectivity index (χ1) is 13.7. The van der Waals surface area contributed by atoms with E-state index in [1.807, 2.05) is 66.0 Å². The highest BCUT2D eigenvalue weighted by atomic mass is 32.1. The van der Waals surface area contributed by atoms with Gasteiger partial charge in [-0.05, 0) is 12.5 Å². The molecule has 0 saturated heterocycles. The van der Waals surface area contributed by atoms with E-state index in [1.165, 1.54) is 11.3 Å². The summed E-state index contributed by atoms with van der Waals surface area (Å²) in [7, 11) is 0. The number of carbonyl (C=O) groups is 2. The van der Waals surface area contributed by atoms with Gasteiger partial charge in [0.25, 0.3) is 0 Å². The summed E-state index contributed by atoms with van der Waals surface area (Å²) >= 11 is 1.36. The summed E-state index contributed by atoms with van der Waals surface area (Å²) < 4.78 is 4.95. The summed E-state index contributed by atoms with van der Waals surface area (Å²) in [5, 5.41) is 7.98. The number of anilines is 1. The lowest BCUT2D eigenvalue weighted by Gasteiger charge is -2.18. The fraction of sp³-hybridized carbons (Fsp3) is 0.190. The molecule has 1 heterocycles. The number of carbonyl (C=O) groups excluding carboxylic acids is 2. The maximum absolute atomic E-state index is 12.5. The number of amides is 2. The Kier molecular flexibility index (Phi) is 6.75. The number of nitrogens with one attached hydrogen (secondary N) is 2. The van der Waals surface area contributed by atoms with Gasteiger partial charge in [-0.25, -0.2) is 9.78 Å². The molecule has 0 aliphatic carbocycles. The fourth-order valence-corrected chi connectivity index (χ4v) is 3.42. The number of hydrogen-bond acceptors (Lipinski definition) is 5. The first-order valence-corrected chi connectivity index (χ1v) is 9.82. The van der Waals surface area contributed by atoms with Crippen LogP contribution in [-0.2, 0) is 9.53 Å². The molecule has 1 atom stereocenters. The summed E-state index contributed by atoms with van der Waals surface area (Å²) in [5.74, 6) is -0.236. The quantitative estimate of drug-likeness (QED) is 0.611. The van der Waals surface area contributed by atoms with Crippen molar-refractivity contribution in [2.24, 2.45) is 0 Å². The van der Waals surface area contributed by atoms with Crippen LogP contribution in [-0.4, -0.2) is 23.6 Å². The minimum absolute atomic E-state index is 0.0725. The van der Waals surface area contributed by atoms with Gasteiger partial charge in [0, 0.05) is 10.9 Å². The smallest absolute Gasteiger partial charge is 0.407 e. The molecule has 0 fully saturated rings. The molecule has 0 spiro atoms. The summed E-state index contributed by atoms with van der Waals surface area (Å²) in [6.45, 7) is 2.00. The van der Waals surface area contributed by atoms with Gasteiger partial charge in [-0.3, -0.25) is 4.79 Å². The Morgan fingerprint density at radius 3 is 2.43 bits per heavy atom. The number of thiazole rings is 1. The van der Waals surface area contributed by atoms with Gasteiger partial charge in [-0.1, -0.05) is 60.7 Å². The molecule has 2 aromatic carbocycles. The van der Waals surface area contributed by atoms with E-state index in [9.17, 15) is 9.59 Å². The number of alkyl carbamates (subject to hydrolysis) is 1. The van der Waals surface area contributed by atoms with E-state index in [4.69, 9.17) is 4.74 Å². The maximum atomic E-state index is 12.5. The van der Waals surface area contributed by atoms with Crippen LogP contribution in [0.1, 0.15) is 24.9 Å². The highest BCUT2D eigenvalue weighted by molar-refractivity contribution is 7.14. The van der Waals surface area contributed by atoms with E-state index in [0.717, 1.165) is 16.8 Å².